The Morgan fingerprint density at radius 2 is 2.47 bits per heavy atom. The smallest absolute Gasteiger partial charge is 0.127 e. The fourth-order valence-electron chi connectivity index (χ4n) is 2.00. The van der Waals surface area contributed by atoms with Gasteiger partial charge in [-0.15, -0.1) is 0 Å². The number of likely N-dealkylation sites (tertiary alicyclic amines) is 1. The van der Waals surface area contributed by atoms with E-state index in [2.05, 4.69) is 9.88 Å². The van der Waals surface area contributed by atoms with E-state index in [-0.39, 0.29) is 0 Å². The van der Waals surface area contributed by atoms with Gasteiger partial charge in [-0.1, -0.05) is 6.07 Å². The molecule has 4 nitrogen and oxygen atoms in total. The van der Waals surface area contributed by atoms with Crippen molar-refractivity contribution in [1.82, 2.24) is 9.88 Å². The Morgan fingerprint density at radius 3 is 3.07 bits per heavy atom. The van der Waals surface area contributed by atoms with E-state index in [1.165, 1.54) is 0 Å². The quantitative estimate of drug-likeness (QED) is 0.746. The summed E-state index contributed by atoms with van der Waals surface area (Å²) in [7, 11) is 0. The van der Waals surface area contributed by atoms with Crippen molar-refractivity contribution >= 4 is 5.82 Å². The van der Waals surface area contributed by atoms with Gasteiger partial charge >= 0.3 is 0 Å². The minimum atomic E-state index is -0.545. The molecule has 1 atom stereocenters. The number of hydrogen-bond donors (Lipinski definition) is 2. The molecule has 0 aromatic carbocycles. The van der Waals surface area contributed by atoms with Crippen molar-refractivity contribution in [2.24, 2.45) is 0 Å². The second-order valence-electron chi connectivity index (χ2n) is 4.51. The molecule has 2 heterocycles. The van der Waals surface area contributed by atoms with Crippen LogP contribution in [0.1, 0.15) is 18.9 Å². The summed E-state index contributed by atoms with van der Waals surface area (Å²) in [5, 5.41) is 9.82. The SMILES string of the molecule is CC1(O)CCN(Cc2cccnc2N)C1. The number of aromatic nitrogens is 1. The van der Waals surface area contributed by atoms with Gasteiger partial charge in [0.05, 0.1) is 5.60 Å². The lowest BCUT2D eigenvalue weighted by Crippen LogP contribution is -2.29. The number of aliphatic hydroxyl groups is 1. The highest BCUT2D eigenvalue weighted by Gasteiger charge is 2.31. The fraction of sp³-hybridized carbons (Fsp3) is 0.545. The van der Waals surface area contributed by atoms with Crippen LogP contribution in [0.5, 0.6) is 0 Å². The summed E-state index contributed by atoms with van der Waals surface area (Å²) in [6.07, 6.45) is 2.52. The Bertz CT molecular complexity index is 351. The number of β-amino-alcohol motifs (C(OH)–C–C–N with tert-alkyl or cyclic N) is 1. The van der Waals surface area contributed by atoms with E-state index in [9.17, 15) is 5.11 Å². The summed E-state index contributed by atoms with van der Waals surface area (Å²) < 4.78 is 0. The Balaban J connectivity index is 2.02. The molecular formula is C11H17N3O. The van der Waals surface area contributed by atoms with E-state index in [4.69, 9.17) is 5.73 Å². The van der Waals surface area contributed by atoms with Crippen LogP contribution in [0.15, 0.2) is 18.3 Å². The van der Waals surface area contributed by atoms with Crippen LogP contribution in [0.3, 0.4) is 0 Å². The zero-order valence-corrected chi connectivity index (χ0v) is 8.98. The van der Waals surface area contributed by atoms with Crippen molar-refractivity contribution in [2.45, 2.75) is 25.5 Å². The highest BCUT2D eigenvalue weighted by atomic mass is 16.3. The topological polar surface area (TPSA) is 62.4 Å². The van der Waals surface area contributed by atoms with Gasteiger partial charge < -0.3 is 10.8 Å². The highest BCUT2D eigenvalue weighted by Crippen LogP contribution is 2.22. The summed E-state index contributed by atoms with van der Waals surface area (Å²) in [4.78, 5) is 6.25. The molecule has 1 unspecified atom stereocenters. The molecule has 0 amide bonds. The molecule has 1 saturated heterocycles. The maximum Gasteiger partial charge on any atom is 0.127 e. The average Bonchev–Trinajstić information content (AvgIpc) is 2.50. The fourth-order valence-corrected chi connectivity index (χ4v) is 2.00. The Labute approximate surface area is 89.7 Å². The van der Waals surface area contributed by atoms with E-state index in [0.29, 0.717) is 12.4 Å². The first-order valence-electron chi connectivity index (χ1n) is 5.21. The number of nitrogens with zero attached hydrogens (tertiary/aromatic N) is 2. The number of nitrogen functional groups attached to an aromatic ring is 1. The monoisotopic (exact) mass is 207 g/mol. The average molecular weight is 207 g/mol. The third-order valence-corrected chi connectivity index (χ3v) is 2.85. The maximum atomic E-state index is 9.82. The lowest BCUT2D eigenvalue weighted by molar-refractivity contribution is 0.0679. The number of rotatable bonds is 2. The van der Waals surface area contributed by atoms with E-state index in [1.807, 2.05) is 19.1 Å². The van der Waals surface area contributed by atoms with E-state index in [0.717, 1.165) is 25.1 Å². The van der Waals surface area contributed by atoms with Crippen molar-refractivity contribution in [3.05, 3.63) is 23.9 Å². The van der Waals surface area contributed by atoms with Crippen LogP contribution < -0.4 is 5.73 Å². The van der Waals surface area contributed by atoms with E-state index < -0.39 is 5.60 Å². The van der Waals surface area contributed by atoms with Crippen molar-refractivity contribution in [3.63, 3.8) is 0 Å². The first kappa shape index (κ1) is 10.4. The largest absolute Gasteiger partial charge is 0.389 e. The Kier molecular flexibility index (Phi) is 2.63. The van der Waals surface area contributed by atoms with Gasteiger partial charge in [-0.2, -0.15) is 0 Å². The van der Waals surface area contributed by atoms with Gasteiger partial charge in [-0.3, -0.25) is 4.90 Å². The van der Waals surface area contributed by atoms with Crippen LogP contribution in [0, 0.1) is 0 Å². The molecule has 82 valence electrons. The molecule has 1 aliphatic rings. The molecule has 2 rings (SSSR count). The summed E-state index contributed by atoms with van der Waals surface area (Å²) >= 11 is 0. The van der Waals surface area contributed by atoms with Gasteiger partial charge in [0.2, 0.25) is 0 Å². The number of hydrogen-bond acceptors (Lipinski definition) is 4. The molecule has 15 heavy (non-hydrogen) atoms. The molecule has 1 fully saturated rings. The number of nitrogens with two attached hydrogens (primary N) is 1. The Hall–Kier alpha value is -1.13. The summed E-state index contributed by atoms with van der Waals surface area (Å²) in [6.45, 7) is 4.28. The third kappa shape index (κ3) is 2.46. The molecule has 4 heteroatoms. The van der Waals surface area contributed by atoms with Crippen molar-refractivity contribution < 1.29 is 5.11 Å². The van der Waals surface area contributed by atoms with Gasteiger partial charge in [-0.05, 0) is 19.4 Å². The zero-order chi connectivity index (χ0) is 10.9. The van der Waals surface area contributed by atoms with Crippen LogP contribution in [-0.2, 0) is 6.54 Å². The van der Waals surface area contributed by atoms with Gasteiger partial charge in [0, 0.05) is 31.4 Å². The van der Waals surface area contributed by atoms with Crippen LogP contribution in [0.4, 0.5) is 5.82 Å². The molecule has 0 saturated carbocycles. The van der Waals surface area contributed by atoms with E-state index in [1.54, 1.807) is 6.20 Å². The minimum absolute atomic E-state index is 0.545. The van der Waals surface area contributed by atoms with Crippen molar-refractivity contribution in [3.8, 4) is 0 Å². The van der Waals surface area contributed by atoms with Gasteiger partial charge in [-0.25, -0.2) is 4.98 Å². The summed E-state index contributed by atoms with van der Waals surface area (Å²) in [5.41, 5.74) is 6.26. The first-order valence-corrected chi connectivity index (χ1v) is 5.21. The molecule has 0 bridgehead atoms. The molecule has 1 aliphatic heterocycles. The van der Waals surface area contributed by atoms with E-state index >= 15 is 0 Å². The lowest BCUT2D eigenvalue weighted by atomic mass is 10.1. The molecule has 0 aliphatic carbocycles. The van der Waals surface area contributed by atoms with Crippen LogP contribution in [-0.4, -0.2) is 33.7 Å². The van der Waals surface area contributed by atoms with Crippen molar-refractivity contribution in [1.29, 1.82) is 0 Å². The van der Waals surface area contributed by atoms with Crippen LogP contribution >= 0.6 is 0 Å². The van der Waals surface area contributed by atoms with Gasteiger partial charge in [0.25, 0.3) is 0 Å². The lowest BCUT2D eigenvalue weighted by Gasteiger charge is -2.19. The second-order valence-corrected chi connectivity index (χ2v) is 4.51. The normalized spacial score (nSPS) is 27.1. The van der Waals surface area contributed by atoms with Crippen LogP contribution in [0.25, 0.3) is 0 Å². The van der Waals surface area contributed by atoms with Crippen molar-refractivity contribution in [2.75, 3.05) is 18.8 Å². The van der Waals surface area contributed by atoms with Crippen LogP contribution in [0.2, 0.25) is 0 Å². The summed E-state index contributed by atoms with van der Waals surface area (Å²) in [5.74, 6) is 0.587. The number of anilines is 1. The first-order chi connectivity index (χ1) is 7.07. The van der Waals surface area contributed by atoms with Gasteiger partial charge in [0.15, 0.2) is 0 Å². The predicted octanol–water partition coefficient (Wildman–Crippen LogP) is 0.620. The second kappa shape index (κ2) is 3.79. The van der Waals surface area contributed by atoms with Gasteiger partial charge in [0.1, 0.15) is 5.82 Å². The number of pyridine rings is 1. The molecular weight excluding hydrogens is 190 g/mol. The molecule has 3 N–H and O–H groups in total. The minimum Gasteiger partial charge on any atom is -0.389 e. The molecule has 1 aromatic heterocycles. The standard InChI is InChI=1S/C11H17N3O/c1-11(15)4-6-14(8-11)7-9-3-2-5-13-10(9)12/h2-3,5,15H,4,6-8H2,1H3,(H2,12,13). The summed E-state index contributed by atoms with van der Waals surface area (Å²) in [6, 6.07) is 3.87. The maximum absolute atomic E-state index is 9.82. The Morgan fingerprint density at radius 1 is 1.67 bits per heavy atom. The molecule has 0 spiro atoms. The predicted molar refractivity (Wildman–Crippen MR) is 59.2 cm³/mol. The zero-order valence-electron chi connectivity index (χ0n) is 8.98. The highest BCUT2D eigenvalue weighted by molar-refractivity contribution is 5.38. The third-order valence-electron chi connectivity index (χ3n) is 2.85. The molecule has 1 aromatic rings. The molecule has 0 radical (unpaired) electrons.